The first-order chi connectivity index (χ1) is 7.25. The Morgan fingerprint density at radius 2 is 2.50 bits per heavy atom. The molecule has 1 atom stereocenters. The number of halogens is 2. The predicted octanol–water partition coefficient (Wildman–Crippen LogP) is 2.30. The van der Waals surface area contributed by atoms with E-state index in [1.807, 2.05) is 11.4 Å². The molecule has 2 rings (SSSR count). The van der Waals surface area contributed by atoms with Gasteiger partial charge in [-0.25, -0.2) is 0 Å². The van der Waals surface area contributed by atoms with Crippen LogP contribution in [0.4, 0.5) is 0 Å². The van der Waals surface area contributed by atoms with Crippen molar-refractivity contribution in [1.82, 2.24) is 10.6 Å². The molecule has 16 heavy (non-hydrogen) atoms. The molecule has 1 saturated heterocycles. The molecular formula is C10H14BrClN2OS. The molecular weight excluding hydrogens is 312 g/mol. The zero-order valence-electron chi connectivity index (χ0n) is 8.66. The highest BCUT2D eigenvalue weighted by Crippen LogP contribution is 2.20. The highest BCUT2D eigenvalue weighted by Gasteiger charge is 2.21. The van der Waals surface area contributed by atoms with Crippen LogP contribution >= 0.6 is 39.7 Å². The smallest absolute Gasteiger partial charge is 0.237 e. The molecule has 0 bridgehead atoms. The summed E-state index contributed by atoms with van der Waals surface area (Å²) in [5.41, 5.74) is 1.15. The van der Waals surface area contributed by atoms with E-state index < -0.39 is 0 Å². The summed E-state index contributed by atoms with van der Waals surface area (Å²) in [5.74, 6) is 0.120. The molecule has 2 heterocycles. The molecule has 0 aliphatic carbocycles. The molecule has 3 nitrogen and oxygen atoms in total. The van der Waals surface area contributed by atoms with Gasteiger partial charge in [0.05, 0.1) is 9.83 Å². The predicted molar refractivity (Wildman–Crippen MR) is 72.1 cm³/mol. The van der Waals surface area contributed by atoms with Crippen LogP contribution in [-0.4, -0.2) is 18.5 Å². The van der Waals surface area contributed by atoms with Crippen LogP contribution in [0.5, 0.6) is 0 Å². The fourth-order valence-corrected chi connectivity index (χ4v) is 2.87. The van der Waals surface area contributed by atoms with E-state index in [0.717, 1.165) is 28.7 Å². The second kappa shape index (κ2) is 6.59. The van der Waals surface area contributed by atoms with E-state index in [2.05, 4.69) is 26.6 Å². The van der Waals surface area contributed by atoms with Crippen molar-refractivity contribution < 1.29 is 4.79 Å². The first-order valence-electron chi connectivity index (χ1n) is 5.00. The highest BCUT2D eigenvalue weighted by molar-refractivity contribution is 9.11. The van der Waals surface area contributed by atoms with E-state index in [0.29, 0.717) is 6.54 Å². The summed E-state index contributed by atoms with van der Waals surface area (Å²) >= 11 is 5.04. The van der Waals surface area contributed by atoms with Crippen molar-refractivity contribution in [2.75, 3.05) is 6.54 Å². The van der Waals surface area contributed by atoms with Crippen LogP contribution in [0, 0.1) is 0 Å². The van der Waals surface area contributed by atoms with Gasteiger partial charge in [-0.05, 0) is 52.3 Å². The minimum atomic E-state index is 0. The average Bonchev–Trinajstić information content (AvgIpc) is 2.84. The van der Waals surface area contributed by atoms with Gasteiger partial charge in [0, 0.05) is 6.54 Å². The molecule has 1 amide bonds. The van der Waals surface area contributed by atoms with Gasteiger partial charge in [0.25, 0.3) is 0 Å². The number of carbonyl (C=O) groups is 1. The highest BCUT2D eigenvalue weighted by atomic mass is 79.9. The number of hydrogen-bond acceptors (Lipinski definition) is 3. The van der Waals surface area contributed by atoms with E-state index >= 15 is 0 Å². The van der Waals surface area contributed by atoms with Crippen LogP contribution in [0.1, 0.15) is 18.4 Å². The number of nitrogens with one attached hydrogen (secondary N) is 2. The lowest BCUT2D eigenvalue weighted by Crippen LogP contribution is -2.39. The standard InChI is InChI=1S/C10H13BrN2OS.ClH/c11-9-4-7(6-15-9)5-13-10(14)8-2-1-3-12-8;/h4,6,8,12H,1-3,5H2,(H,13,14);1H. The molecule has 6 heteroatoms. The fourth-order valence-electron chi connectivity index (χ4n) is 1.66. The molecule has 2 N–H and O–H groups in total. The maximum atomic E-state index is 11.6. The van der Waals surface area contributed by atoms with Gasteiger partial charge in [0.1, 0.15) is 0 Å². The van der Waals surface area contributed by atoms with Crippen LogP contribution in [0.3, 0.4) is 0 Å². The Morgan fingerprint density at radius 3 is 3.06 bits per heavy atom. The van der Waals surface area contributed by atoms with Crippen molar-refractivity contribution in [3.63, 3.8) is 0 Å². The van der Waals surface area contributed by atoms with Gasteiger partial charge in [-0.15, -0.1) is 23.7 Å². The summed E-state index contributed by atoms with van der Waals surface area (Å²) in [5, 5.41) is 8.17. The van der Waals surface area contributed by atoms with E-state index in [1.54, 1.807) is 11.3 Å². The van der Waals surface area contributed by atoms with Crippen LogP contribution in [-0.2, 0) is 11.3 Å². The molecule has 1 aliphatic heterocycles. The van der Waals surface area contributed by atoms with Crippen molar-refractivity contribution in [2.24, 2.45) is 0 Å². The lowest BCUT2D eigenvalue weighted by atomic mass is 10.2. The van der Waals surface area contributed by atoms with Gasteiger partial charge in [0.2, 0.25) is 5.91 Å². The number of amides is 1. The number of carbonyl (C=O) groups excluding carboxylic acids is 1. The monoisotopic (exact) mass is 324 g/mol. The maximum absolute atomic E-state index is 11.6. The molecule has 1 unspecified atom stereocenters. The summed E-state index contributed by atoms with van der Waals surface area (Å²) in [4.78, 5) is 11.6. The molecule has 1 aromatic rings. The topological polar surface area (TPSA) is 41.1 Å². The summed E-state index contributed by atoms with van der Waals surface area (Å²) in [6.07, 6.45) is 2.06. The van der Waals surface area contributed by atoms with Crippen molar-refractivity contribution in [2.45, 2.75) is 25.4 Å². The first kappa shape index (κ1) is 14.0. The summed E-state index contributed by atoms with van der Waals surface area (Å²) in [6.45, 7) is 1.58. The Hall–Kier alpha value is -0.100. The normalized spacial score (nSPS) is 19.2. The Kier molecular flexibility index (Phi) is 5.75. The lowest BCUT2D eigenvalue weighted by molar-refractivity contribution is -0.122. The third kappa shape index (κ3) is 3.73. The second-order valence-corrected chi connectivity index (χ2v) is 5.92. The van der Waals surface area contributed by atoms with Gasteiger partial charge in [0.15, 0.2) is 0 Å². The van der Waals surface area contributed by atoms with Gasteiger partial charge in [-0.2, -0.15) is 0 Å². The maximum Gasteiger partial charge on any atom is 0.237 e. The summed E-state index contributed by atoms with van der Waals surface area (Å²) in [6, 6.07) is 2.06. The minimum absolute atomic E-state index is 0. The largest absolute Gasteiger partial charge is 0.351 e. The van der Waals surface area contributed by atoms with Crippen molar-refractivity contribution in [1.29, 1.82) is 0 Å². The molecule has 1 aromatic heterocycles. The second-order valence-electron chi connectivity index (χ2n) is 3.63. The molecule has 0 radical (unpaired) electrons. The van der Waals surface area contributed by atoms with Crippen molar-refractivity contribution in [3.05, 3.63) is 20.8 Å². The van der Waals surface area contributed by atoms with E-state index in [-0.39, 0.29) is 24.4 Å². The average molecular weight is 326 g/mol. The van der Waals surface area contributed by atoms with E-state index in [1.165, 1.54) is 0 Å². The van der Waals surface area contributed by atoms with Crippen molar-refractivity contribution >= 4 is 45.6 Å². The number of thiophene rings is 1. The van der Waals surface area contributed by atoms with E-state index in [9.17, 15) is 4.79 Å². The van der Waals surface area contributed by atoms with Crippen LogP contribution in [0.15, 0.2) is 15.2 Å². The molecule has 0 saturated carbocycles. The molecule has 0 aromatic carbocycles. The third-order valence-electron chi connectivity index (χ3n) is 2.47. The quantitative estimate of drug-likeness (QED) is 0.895. The molecule has 0 spiro atoms. The summed E-state index contributed by atoms with van der Waals surface area (Å²) in [7, 11) is 0. The minimum Gasteiger partial charge on any atom is -0.351 e. The molecule has 1 fully saturated rings. The van der Waals surface area contributed by atoms with Gasteiger partial charge >= 0.3 is 0 Å². The number of hydrogen-bond donors (Lipinski definition) is 2. The molecule has 90 valence electrons. The van der Waals surface area contributed by atoms with Crippen LogP contribution in [0.2, 0.25) is 0 Å². The Morgan fingerprint density at radius 1 is 1.69 bits per heavy atom. The molecule has 1 aliphatic rings. The lowest BCUT2D eigenvalue weighted by Gasteiger charge is -2.09. The Labute approximate surface area is 114 Å². The third-order valence-corrected chi connectivity index (χ3v) is 4.02. The SMILES string of the molecule is Cl.O=C(NCc1csc(Br)c1)C1CCCN1. The Bertz CT molecular complexity index is 352. The zero-order valence-corrected chi connectivity index (χ0v) is 11.9. The van der Waals surface area contributed by atoms with Gasteiger partial charge < -0.3 is 10.6 Å². The first-order valence-corrected chi connectivity index (χ1v) is 6.67. The van der Waals surface area contributed by atoms with Gasteiger partial charge in [-0.1, -0.05) is 0 Å². The fraction of sp³-hybridized carbons (Fsp3) is 0.500. The van der Waals surface area contributed by atoms with Gasteiger partial charge in [-0.3, -0.25) is 4.79 Å². The number of rotatable bonds is 3. The Balaban J connectivity index is 0.00000128. The zero-order chi connectivity index (χ0) is 10.7. The van der Waals surface area contributed by atoms with Crippen molar-refractivity contribution in [3.8, 4) is 0 Å². The van der Waals surface area contributed by atoms with E-state index in [4.69, 9.17) is 0 Å². The summed E-state index contributed by atoms with van der Waals surface area (Å²) < 4.78 is 1.10. The van der Waals surface area contributed by atoms with Crippen LogP contribution in [0.25, 0.3) is 0 Å². The van der Waals surface area contributed by atoms with Crippen LogP contribution < -0.4 is 10.6 Å².